The SMILES string of the molecule is CCOC(=O)c1csc(Nc2ccc(C(F)(F)F)nc2)n1. The molecule has 0 unspecified atom stereocenters. The van der Waals surface area contributed by atoms with Crippen LogP contribution in [-0.4, -0.2) is 22.5 Å². The number of halogens is 3. The monoisotopic (exact) mass is 317 g/mol. The van der Waals surface area contributed by atoms with Crippen molar-refractivity contribution >= 4 is 28.1 Å². The zero-order chi connectivity index (χ0) is 15.5. The van der Waals surface area contributed by atoms with Gasteiger partial charge < -0.3 is 10.1 Å². The Balaban J connectivity index is 2.07. The summed E-state index contributed by atoms with van der Waals surface area (Å²) < 4.78 is 41.9. The minimum atomic E-state index is -4.48. The lowest BCUT2D eigenvalue weighted by Gasteiger charge is -2.06. The van der Waals surface area contributed by atoms with Crippen LogP contribution < -0.4 is 5.32 Å². The molecule has 0 radical (unpaired) electrons. The predicted octanol–water partition coefficient (Wildman–Crippen LogP) is 3.48. The number of aromatic nitrogens is 2. The first-order chi connectivity index (χ1) is 9.90. The van der Waals surface area contributed by atoms with Gasteiger partial charge in [0.25, 0.3) is 0 Å². The molecule has 0 aliphatic carbocycles. The molecule has 2 heterocycles. The smallest absolute Gasteiger partial charge is 0.433 e. The summed E-state index contributed by atoms with van der Waals surface area (Å²) in [6.07, 6.45) is -3.43. The quantitative estimate of drug-likeness (QED) is 0.875. The number of alkyl halides is 3. The fourth-order valence-corrected chi connectivity index (χ4v) is 2.09. The Hall–Kier alpha value is -2.16. The molecule has 0 saturated carbocycles. The average Bonchev–Trinajstić information content (AvgIpc) is 2.87. The number of ether oxygens (including phenoxy) is 1. The molecule has 21 heavy (non-hydrogen) atoms. The molecule has 0 saturated heterocycles. The third-order valence-corrected chi connectivity index (χ3v) is 3.05. The highest BCUT2D eigenvalue weighted by molar-refractivity contribution is 7.14. The van der Waals surface area contributed by atoms with Crippen molar-refractivity contribution in [3.8, 4) is 0 Å². The van der Waals surface area contributed by atoms with Gasteiger partial charge in [0.15, 0.2) is 10.8 Å². The first-order valence-corrected chi connectivity index (χ1v) is 6.71. The number of carbonyl (C=O) groups is 1. The highest BCUT2D eigenvalue weighted by atomic mass is 32.1. The number of nitrogens with one attached hydrogen (secondary N) is 1. The third kappa shape index (κ3) is 3.91. The van der Waals surface area contributed by atoms with Crippen LogP contribution in [0.15, 0.2) is 23.7 Å². The highest BCUT2D eigenvalue weighted by Crippen LogP contribution is 2.28. The van der Waals surface area contributed by atoms with Gasteiger partial charge in [-0.2, -0.15) is 13.2 Å². The molecule has 2 aromatic heterocycles. The second-order valence-corrected chi connectivity index (χ2v) is 4.67. The Kier molecular flexibility index (Phi) is 4.41. The van der Waals surface area contributed by atoms with E-state index in [9.17, 15) is 18.0 Å². The Morgan fingerprint density at radius 2 is 2.19 bits per heavy atom. The molecular formula is C12H10F3N3O2S. The summed E-state index contributed by atoms with van der Waals surface area (Å²) >= 11 is 1.14. The summed E-state index contributed by atoms with van der Waals surface area (Å²) in [6.45, 7) is 1.92. The van der Waals surface area contributed by atoms with E-state index in [2.05, 4.69) is 15.3 Å². The number of hydrogen-bond donors (Lipinski definition) is 1. The summed E-state index contributed by atoms with van der Waals surface area (Å²) in [5.74, 6) is -0.549. The minimum Gasteiger partial charge on any atom is -0.461 e. The van der Waals surface area contributed by atoms with Crippen LogP contribution in [0, 0.1) is 0 Å². The number of rotatable bonds is 4. The fourth-order valence-electron chi connectivity index (χ4n) is 1.39. The molecule has 2 rings (SSSR count). The van der Waals surface area contributed by atoms with Crippen LogP contribution >= 0.6 is 11.3 Å². The van der Waals surface area contributed by atoms with E-state index in [1.54, 1.807) is 6.92 Å². The second kappa shape index (κ2) is 6.08. The molecule has 5 nitrogen and oxygen atoms in total. The average molecular weight is 317 g/mol. The summed E-state index contributed by atoms with van der Waals surface area (Å²) in [7, 11) is 0. The van der Waals surface area contributed by atoms with Gasteiger partial charge in [0, 0.05) is 5.38 Å². The molecule has 0 aromatic carbocycles. The Morgan fingerprint density at radius 3 is 2.76 bits per heavy atom. The standard InChI is InChI=1S/C12H10F3N3O2S/c1-2-20-10(19)8-6-21-11(18-8)17-7-3-4-9(16-5-7)12(13,14)15/h3-6H,2H2,1H3,(H,17,18). The Morgan fingerprint density at radius 1 is 1.43 bits per heavy atom. The van der Waals surface area contributed by atoms with Crippen molar-refractivity contribution in [2.24, 2.45) is 0 Å². The van der Waals surface area contributed by atoms with E-state index in [-0.39, 0.29) is 12.3 Å². The molecule has 0 amide bonds. The van der Waals surface area contributed by atoms with Gasteiger partial charge in [-0.1, -0.05) is 0 Å². The maximum Gasteiger partial charge on any atom is 0.433 e. The molecule has 0 fully saturated rings. The molecule has 9 heteroatoms. The van der Waals surface area contributed by atoms with Crippen molar-refractivity contribution < 1.29 is 22.7 Å². The van der Waals surface area contributed by atoms with Crippen molar-refractivity contribution in [3.05, 3.63) is 35.1 Å². The normalized spacial score (nSPS) is 11.2. The Bertz CT molecular complexity index is 625. The fraction of sp³-hybridized carbons (Fsp3) is 0.250. The van der Waals surface area contributed by atoms with Crippen molar-refractivity contribution in [1.82, 2.24) is 9.97 Å². The van der Waals surface area contributed by atoms with Gasteiger partial charge in [0.05, 0.1) is 18.5 Å². The lowest BCUT2D eigenvalue weighted by Crippen LogP contribution is -2.07. The predicted molar refractivity (Wildman–Crippen MR) is 70.6 cm³/mol. The van der Waals surface area contributed by atoms with Crippen LogP contribution in [0.1, 0.15) is 23.1 Å². The molecule has 0 spiro atoms. The molecule has 0 aliphatic rings. The van der Waals surface area contributed by atoms with Gasteiger partial charge in [-0.25, -0.2) is 14.8 Å². The molecule has 2 aromatic rings. The third-order valence-electron chi connectivity index (χ3n) is 2.29. The summed E-state index contributed by atoms with van der Waals surface area (Å²) in [4.78, 5) is 18.7. The number of thiazole rings is 1. The number of anilines is 2. The zero-order valence-corrected chi connectivity index (χ0v) is 11.6. The van der Waals surface area contributed by atoms with Gasteiger partial charge >= 0.3 is 12.1 Å². The van der Waals surface area contributed by atoms with Gasteiger partial charge in [-0.15, -0.1) is 11.3 Å². The highest BCUT2D eigenvalue weighted by Gasteiger charge is 2.32. The van der Waals surface area contributed by atoms with Crippen LogP contribution in [0.4, 0.5) is 24.0 Å². The summed E-state index contributed by atoms with van der Waals surface area (Å²) in [6, 6.07) is 2.10. The number of pyridine rings is 1. The Labute approximate surface area is 121 Å². The van der Waals surface area contributed by atoms with Crippen molar-refractivity contribution in [3.63, 3.8) is 0 Å². The first-order valence-electron chi connectivity index (χ1n) is 5.83. The van der Waals surface area contributed by atoms with Crippen LogP contribution in [0.2, 0.25) is 0 Å². The molecule has 112 valence electrons. The van der Waals surface area contributed by atoms with Crippen molar-refractivity contribution in [2.75, 3.05) is 11.9 Å². The van der Waals surface area contributed by atoms with Crippen LogP contribution in [0.5, 0.6) is 0 Å². The van der Waals surface area contributed by atoms with Gasteiger partial charge in [0.1, 0.15) is 5.69 Å². The summed E-state index contributed by atoms with van der Waals surface area (Å²) in [5.41, 5.74) is -0.489. The van der Waals surface area contributed by atoms with Crippen LogP contribution in [-0.2, 0) is 10.9 Å². The van der Waals surface area contributed by atoms with Crippen molar-refractivity contribution in [2.45, 2.75) is 13.1 Å². The largest absolute Gasteiger partial charge is 0.461 e. The van der Waals surface area contributed by atoms with E-state index in [1.165, 1.54) is 11.4 Å². The lowest BCUT2D eigenvalue weighted by molar-refractivity contribution is -0.141. The van der Waals surface area contributed by atoms with E-state index in [1.807, 2.05) is 0 Å². The maximum atomic E-state index is 12.4. The maximum absolute atomic E-state index is 12.4. The van der Waals surface area contributed by atoms with E-state index in [4.69, 9.17) is 4.74 Å². The van der Waals surface area contributed by atoms with Gasteiger partial charge in [-0.05, 0) is 19.1 Å². The number of hydrogen-bond acceptors (Lipinski definition) is 6. The topological polar surface area (TPSA) is 64.1 Å². The van der Waals surface area contributed by atoms with Crippen LogP contribution in [0.25, 0.3) is 0 Å². The van der Waals surface area contributed by atoms with E-state index >= 15 is 0 Å². The second-order valence-electron chi connectivity index (χ2n) is 3.81. The van der Waals surface area contributed by atoms with E-state index in [0.717, 1.165) is 23.6 Å². The van der Waals surface area contributed by atoms with Gasteiger partial charge in [0.2, 0.25) is 0 Å². The molecule has 0 bridgehead atoms. The number of nitrogens with zero attached hydrogens (tertiary/aromatic N) is 2. The molecule has 0 atom stereocenters. The van der Waals surface area contributed by atoms with Crippen LogP contribution in [0.3, 0.4) is 0 Å². The zero-order valence-electron chi connectivity index (χ0n) is 10.8. The first kappa shape index (κ1) is 15.2. The minimum absolute atomic E-state index is 0.143. The number of esters is 1. The number of carbonyl (C=O) groups excluding carboxylic acids is 1. The van der Waals surface area contributed by atoms with Gasteiger partial charge in [-0.3, -0.25) is 0 Å². The molecule has 1 N–H and O–H groups in total. The van der Waals surface area contributed by atoms with E-state index < -0.39 is 17.8 Å². The summed E-state index contributed by atoms with van der Waals surface area (Å²) in [5, 5.41) is 4.63. The lowest BCUT2D eigenvalue weighted by atomic mass is 10.3. The van der Waals surface area contributed by atoms with E-state index in [0.29, 0.717) is 10.8 Å². The molecular weight excluding hydrogens is 307 g/mol. The molecule has 0 aliphatic heterocycles. The van der Waals surface area contributed by atoms with Crippen molar-refractivity contribution in [1.29, 1.82) is 0 Å².